The largest absolute Gasteiger partial charge is 0.251 e. The van der Waals surface area contributed by atoms with Gasteiger partial charge in [-0.05, 0) is 169 Å². The third-order valence-corrected chi connectivity index (χ3v) is 10.8. The van der Waals surface area contributed by atoms with E-state index >= 15 is 0 Å². The Morgan fingerprint density at radius 1 is 0.429 bits per heavy atom. The molecule has 2 aliphatic carbocycles. The van der Waals surface area contributed by atoms with Crippen LogP contribution in [0, 0.1) is 37.5 Å². The van der Waals surface area contributed by atoms with Crippen LogP contribution in [0.3, 0.4) is 0 Å². The number of aryl methyl sites for hydroxylation is 2. The molecule has 0 atom stereocenters. The van der Waals surface area contributed by atoms with Crippen molar-refractivity contribution in [3.05, 3.63) is 207 Å². The van der Waals surface area contributed by atoms with E-state index in [1.54, 1.807) is 0 Å². The predicted molar refractivity (Wildman–Crippen MR) is 232 cm³/mol. The maximum atomic E-state index is 4.97. The summed E-state index contributed by atoms with van der Waals surface area (Å²) in [5.74, 6) is 13.5. The van der Waals surface area contributed by atoms with Crippen molar-refractivity contribution in [2.45, 2.75) is 40.5 Å². The van der Waals surface area contributed by atoms with Gasteiger partial charge in [-0.1, -0.05) is 90.4 Å². The summed E-state index contributed by atoms with van der Waals surface area (Å²) in [6.45, 7) is 8.17. The highest BCUT2D eigenvalue weighted by Crippen LogP contribution is 2.38. The Hall–Kier alpha value is -7.07. The highest BCUT2D eigenvalue weighted by Gasteiger charge is 2.18. The molecule has 3 nitrogen and oxygen atoms in total. The number of aromatic nitrogens is 1. The fourth-order valence-electron chi connectivity index (χ4n) is 7.77. The first-order valence-electron chi connectivity index (χ1n) is 19.1. The molecule has 0 amide bonds. The van der Waals surface area contributed by atoms with E-state index in [4.69, 9.17) is 15.0 Å². The van der Waals surface area contributed by atoms with Gasteiger partial charge in [0, 0.05) is 22.3 Å². The van der Waals surface area contributed by atoms with Gasteiger partial charge in [-0.25, -0.2) is 4.98 Å². The van der Waals surface area contributed by atoms with Crippen molar-refractivity contribution in [1.29, 1.82) is 0 Å². The molecule has 9 rings (SSSR count). The molecule has 0 fully saturated rings. The molecule has 0 spiro atoms. The van der Waals surface area contributed by atoms with E-state index in [0.717, 1.165) is 80.4 Å². The predicted octanol–water partition coefficient (Wildman–Crippen LogP) is 11.9. The summed E-state index contributed by atoms with van der Waals surface area (Å²) < 4.78 is 0. The van der Waals surface area contributed by atoms with E-state index in [1.165, 1.54) is 44.5 Å². The summed E-state index contributed by atoms with van der Waals surface area (Å²) in [6, 6.07) is 48.8. The molecule has 0 saturated heterocycles. The third kappa shape index (κ3) is 7.00. The summed E-state index contributed by atoms with van der Waals surface area (Å²) >= 11 is 0. The monoisotopic (exact) mass is 717 g/mol. The van der Waals surface area contributed by atoms with Crippen LogP contribution in [-0.4, -0.2) is 16.4 Å². The third-order valence-electron chi connectivity index (χ3n) is 10.8. The lowest BCUT2D eigenvalue weighted by atomic mass is 10.0. The van der Waals surface area contributed by atoms with Crippen LogP contribution < -0.4 is 0 Å². The molecule has 266 valence electrons. The molecule has 0 N–H and O–H groups in total. The first-order chi connectivity index (χ1) is 27.3. The first kappa shape index (κ1) is 34.7. The van der Waals surface area contributed by atoms with Gasteiger partial charge in [-0.15, -0.1) is 0 Å². The van der Waals surface area contributed by atoms with E-state index in [-0.39, 0.29) is 0 Å². The van der Waals surface area contributed by atoms with Gasteiger partial charge in [-0.3, -0.25) is 9.98 Å². The SMILES string of the molecule is CC(=Nc1ccc(C#Cc2ccc3c(c2)Cc2ccccc2-3)cc1C)c1cccc(C(C)=Nc2ccc(C#Cc3ccc4c(c3)Cc3ccccc3-4)cc2C)n1. The molecule has 6 aromatic carbocycles. The van der Waals surface area contributed by atoms with Crippen LogP contribution in [0.25, 0.3) is 22.3 Å². The standard InChI is InChI=1S/C53H39N3/c1-34-28-38(16-18-40-20-24-48-44(30-40)32-42-10-5-7-12-46(42)48)22-26-50(34)54-36(3)52-14-9-15-53(56-52)37(4)55-51-27-23-39(29-35(51)2)17-19-41-21-25-49-45(31-41)33-43-11-6-8-13-47(43)49/h5-15,20-31H,32-33H2,1-4H3. The number of hydrogen-bond acceptors (Lipinski definition) is 3. The van der Waals surface area contributed by atoms with Crippen molar-refractivity contribution in [1.82, 2.24) is 4.98 Å². The lowest BCUT2D eigenvalue weighted by Gasteiger charge is -2.07. The van der Waals surface area contributed by atoms with Crippen LogP contribution in [-0.2, 0) is 12.8 Å². The molecule has 0 bridgehead atoms. The highest BCUT2D eigenvalue weighted by molar-refractivity contribution is 6.02. The second kappa shape index (κ2) is 14.6. The molecule has 3 heteroatoms. The van der Waals surface area contributed by atoms with Crippen molar-refractivity contribution in [2.75, 3.05) is 0 Å². The summed E-state index contributed by atoms with van der Waals surface area (Å²) in [5.41, 5.74) is 22.0. The van der Waals surface area contributed by atoms with Crippen molar-refractivity contribution < 1.29 is 0 Å². The summed E-state index contributed by atoms with van der Waals surface area (Å²) in [4.78, 5) is 14.9. The first-order valence-corrected chi connectivity index (χ1v) is 19.1. The average molecular weight is 718 g/mol. The molecular formula is C53H39N3. The second-order valence-electron chi connectivity index (χ2n) is 14.7. The summed E-state index contributed by atoms with van der Waals surface area (Å²) in [6.07, 6.45) is 1.93. The van der Waals surface area contributed by atoms with Crippen LogP contribution in [0.1, 0.15) is 80.9 Å². The molecule has 0 aliphatic heterocycles. The van der Waals surface area contributed by atoms with Crippen LogP contribution >= 0.6 is 0 Å². The van der Waals surface area contributed by atoms with Crippen molar-refractivity contribution in [3.8, 4) is 45.9 Å². The zero-order valence-corrected chi connectivity index (χ0v) is 32.0. The van der Waals surface area contributed by atoms with Gasteiger partial charge in [0.05, 0.1) is 34.2 Å². The quantitative estimate of drug-likeness (QED) is 0.132. The Balaban J connectivity index is 0.874. The molecule has 1 heterocycles. The molecule has 1 aromatic heterocycles. The zero-order chi connectivity index (χ0) is 38.2. The minimum absolute atomic E-state index is 0.817. The molecule has 7 aromatic rings. The Bertz CT molecular complexity index is 2720. The van der Waals surface area contributed by atoms with Gasteiger partial charge in [0.1, 0.15) is 0 Å². The molecular weight excluding hydrogens is 679 g/mol. The van der Waals surface area contributed by atoms with Crippen LogP contribution in [0.15, 0.2) is 150 Å². The lowest BCUT2D eigenvalue weighted by Crippen LogP contribution is -2.05. The van der Waals surface area contributed by atoms with Crippen molar-refractivity contribution >= 4 is 22.8 Å². The molecule has 0 radical (unpaired) electrons. The molecule has 0 unspecified atom stereocenters. The maximum Gasteiger partial charge on any atom is 0.0849 e. The van der Waals surface area contributed by atoms with Gasteiger partial charge in [-0.2, -0.15) is 0 Å². The second-order valence-corrected chi connectivity index (χ2v) is 14.7. The maximum absolute atomic E-state index is 4.97. The van der Waals surface area contributed by atoms with Gasteiger partial charge in [0.25, 0.3) is 0 Å². The molecule has 0 saturated carbocycles. The topological polar surface area (TPSA) is 37.6 Å². The number of nitrogens with zero attached hydrogens (tertiary/aromatic N) is 3. The van der Waals surface area contributed by atoms with Gasteiger partial charge in [0.2, 0.25) is 0 Å². The van der Waals surface area contributed by atoms with Gasteiger partial charge >= 0.3 is 0 Å². The van der Waals surface area contributed by atoms with Gasteiger partial charge < -0.3 is 0 Å². The molecule has 2 aliphatic rings. The summed E-state index contributed by atoms with van der Waals surface area (Å²) in [5, 5.41) is 0. The minimum atomic E-state index is 0.817. The van der Waals surface area contributed by atoms with Crippen molar-refractivity contribution in [3.63, 3.8) is 0 Å². The van der Waals surface area contributed by atoms with E-state index in [9.17, 15) is 0 Å². The molecule has 56 heavy (non-hydrogen) atoms. The van der Waals surface area contributed by atoms with Crippen LogP contribution in [0.2, 0.25) is 0 Å². The Labute approximate surface area is 329 Å². The fourth-order valence-corrected chi connectivity index (χ4v) is 7.77. The highest BCUT2D eigenvalue weighted by atomic mass is 14.8. The number of aliphatic imine (C=N–C) groups is 2. The van der Waals surface area contributed by atoms with Gasteiger partial charge in [0.15, 0.2) is 0 Å². The van der Waals surface area contributed by atoms with E-state index < -0.39 is 0 Å². The van der Waals surface area contributed by atoms with Crippen LogP contribution in [0.4, 0.5) is 11.4 Å². The number of rotatable bonds is 4. The summed E-state index contributed by atoms with van der Waals surface area (Å²) in [7, 11) is 0. The number of fused-ring (bicyclic) bond motifs is 6. The minimum Gasteiger partial charge on any atom is -0.251 e. The Kier molecular flexibility index (Phi) is 9.06. The normalized spacial score (nSPS) is 12.4. The van der Waals surface area contributed by atoms with E-state index in [0.29, 0.717) is 0 Å². The Morgan fingerprint density at radius 2 is 0.821 bits per heavy atom. The number of benzene rings is 6. The smallest absolute Gasteiger partial charge is 0.0849 e. The number of hydrogen-bond donors (Lipinski definition) is 0. The van der Waals surface area contributed by atoms with Crippen LogP contribution in [0.5, 0.6) is 0 Å². The Morgan fingerprint density at radius 3 is 1.27 bits per heavy atom. The zero-order valence-electron chi connectivity index (χ0n) is 32.0. The fraction of sp³-hybridized carbons (Fsp3) is 0.113. The lowest BCUT2D eigenvalue weighted by molar-refractivity contribution is 1.23. The number of pyridine rings is 1. The van der Waals surface area contributed by atoms with E-state index in [2.05, 4.69) is 135 Å². The average Bonchev–Trinajstić information content (AvgIpc) is 3.78. The van der Waals surface area contributed by atoms with Crippen molar-refractivity contribution in [2.24, 2.45) is 9.98 Å². The van der Waals surface area contributed by atoms with E-state index in [1.807, 2.05) is 56.3 Å².